The van der Waals surface area contributed by atoms with Gasteiger partial charge in [-0.25, -0.2) is 4.79 Å². The molecule has 0 unspecified atom stereocenters. The van der Waals surface area contributed by atoms with E-state index in [9.17, 15) is 4.79 Å². The molecule has 0 aliphatic carbocycles. The minimum atomic E-state index is -0.333. The SMILES string of the molecule is COc1cc(OC)c(NC(=O)N[C@H](C)c2cccs2)cc1Cl. The van der Waals surface area contributed by atoms with E-state index in [1.807, 2.05) is 24.4 Å². The molecule has 0 spiro atoms. The van der Waals surface area contributed by atoms with E-state index in [-0.39, 0.29) is 12.1 Å². The second-order valence-corrected chi connectivity index (χ2v) is 5.91. The maximum absolute atomic E-state index is 12.1. The molecule has 1 aromatic heterocycles. The summed E-state index contributed by atoms with van der Waals surface area (Å²) in [5.74, 6) is 0.955. The molecule has 0 saturated carbocycles. The molecule has 5 nitrogen and oxygen atoms in total. The zero-order chi connectivity index (χ0) is 16.1. The fraction of sp³-hybridized carbons (Fsp3) is 0.267. The number of carbonyl (C=O) groups is 1. The number of ether oxygens (including phenoxy) is 2. The van der Waals surface area contributed by atoms with Crippen LogP contribution in [0, 0.1) is 0 Å². The lowest BCUT2D eigenvalue weighted by Gasteiger charge is -2.16. The summed E-state index contributed by atoms with van der Waals surface area (Å²) in [7, 11) is 3.03. The molecule has 118 valence electrons. The molecule has 2 N–H and O–H groups in total. The average molecular weight is 341 g/mol. The van der Waals surface area contributed by atoms with Crippen molar-refractivity contribution in [1.82, 2.24) is 5.32 Å². The smallest absolute Gasteiger partial charge is 0.319 e. The van der Waals surface area contributed by atoms with Crippen LogP contribution in [0.3, 0.4) is 0 Å². The molecule has 1 heterocycles. The molecule has 22 heavy (non-hydrogen) atoms. The van der Waals surface area contributed by atoms with Gasteiger partial charge in [-0.3, -0.25) is 0 Å². The molecule has 1 atom stereocenters. The van der Waals surface area contributed by atoms with Crippen molar-refractivity contribution in [2.45, 2.75) is 13.0 Å². The Morgan fingerprint density at radius 1 is 1.27 bits per heavy atom. The molecule has 0 fully saturated rings. The fourth-order valence-corrected chi connectivity index (χ4v) is 2.90. The van der Waals surface area contributed by atoms with Gasteiger partial charge in [0, 0.05) is 10.9 Å². The first-order valence-corrected chi connectivity index (χ1v) is 7.83. The van der Waals surface area contributed by atoms with E-state index < -0.39 is 0 Å². The summed E-state index contributed by atoms with van der Waals surface area (Å²) in [6, 6.07) is 6.72. The molecule has 0 aliphatic heterocycles. The van der Waals surface area contributed by atoms with Gasteiger partial charge < -0.3 is 20.1 Å². The van der Waals surface area contributed by atoms with Gasteiger partial charge in [0.1, 0.15) is 11.5 Å². The van der Waals surface area contributed by atoms with Crippen LogP contribution in [0.15, 0.2) is 29.6 Å². The Hall–Kier alpha value is -1.92. The van der Waals surface area contributed by atoms with Crippen molar-refractivity contribution in [1.29, 1.82) is 0 Å². The topological polar surface area (TPSA) is 59.6 Å². The quantitative estimate of drug-likeness (QED) is 0.853. The van der Waals surface area contributed by atoms with Crippen molar-refractivity contribution < 1.29 is 14.3 Å². The first kappa shape index (κ1) is 16.5. The Kier molecular flexibility index (Phi) is 5.51. The summed E-state index contributed by atoms with van der Waals surface area (Å²) >= 11 is 7.67. The monoisotopic (exact) mass is 340 g/mol. The third-order valence-electron chi connectivity index (χ3n) is 3.04. The summed E-state index contributed by atoms with van der Waals surface area (Å²) in [5.41, 5.74) is 0.476. The normalized spacial score (nSPS) is 11.6. The number of carbonyl (C=O) groups excluding carboxylic acids is 1. The van der Waals surface area contributed by atoms with Gasteiger partial charge in [0.2, 0.25) is 0 Å². The maximum atomic E-state index is 12.1. The van der Waals surface area contributed by atoms with Gasteiger partial charge in [-0.1, -0.05) is 17.7 Å². The van der Waals surface area contributed by atoms with Gasteiger partial charge in [-0.05, 0) is 24.4 Å². The second kappa shape index (κ2) is 7.38. The Labute approximate surface area is 138 Å². The Balaban J connectivity index is 2.09. The largest absolute Gasteiger partial charge is 0.495 e. The lowest BCUT2D eigenvalue weighted by Crippen LogP contribution is -2.30. The van der Waals surface area contributed by atoms with Crippen LogP contribution < -0.4 is 20.1 Å². The highest BCUT2D eigenvalue weighted by Crippen LogP contribution is 2.35. The van der Waals surface area contributed by atoms with E-state index >= 15 is 0 Å². The number of nitrogens with one attached hydrogen (secondary N) is 2. The minimum absolute atomic E-state index is 0.0836. The van der Waals surface area contributed by atoms with Crippen LogP contribution in [0.1, 0.15) is 17.8 Å². The van der Waals surface area contributed by atoms with Crippen LogP contribution in [-0.2, 0) is 0 Å². The Morgan fingerprint density at radius 3 is 2.59 bits per heavy atom. The molecular weight excluding hydrogens is 324 g/mol. The van der Waals surface area contributed by atoms with Gasteiger partial charge in [-0.2, -0.15) is 0 Å². The standard InChI is InChI=1S/C15H17ClN2O3S/c1-9(14-5-4-6-22-14)17-15(19)18-11-7-10(16)12(20-2)8-13(11)21-3/h4-9H,1-3H3,(H2,17,18,19)/t9-/m1/s1. The summed E-state index contributed by atoms with van der Waals surface area (Å²) in [6.07, 6.45) is 0. The summed E-state index contributed by atoms with van der Waals surface area (Å²) in [6.45, 7) is 1.92. The zero-order valence-corrected chi connectivity index (χ0v) is 14.0. The van der Waals surface area contributed by atoms with Gasteiger partial charge in [-0.15, -0.1) is 11.3 Å². The number of rotatable bonds is 5. The van der Waals surface area contributed by atoms with Crippen molar-refractivity contribution >= 4 is 34.7 Å². The first-order chi connectivity index (χ1) is 10.5. The van der Waals surface area contributed by atoms with Crippen LogP contribution in [-0.4, -0.2) is 20.3 Å². The lowest BCUT2D eigenvalue weighted by molar-refractivity contribution is 0.249. The number of hydrogen-bond donors (Lipinski definition) is 2. The summed E-state index contributed by atoms with van der Waals surface area (Å²) in [4.78, 5) is 13.2. The van der Waals surface area contributed by atoms with Crippen molar-refractivity contribution in [3.63, 3.8) is 0 Å². The van der Waals surface area contributed by atoms with E-state index in [2.05, 4.69) is 10.6 Å². The number of benzene rings is 1. The van der Waals surface area contributed by atoms with E-state index in [1.54, 1.807) is 23.5 Å². The summed E-state index contributed by atoms with van der Waals surface area (Å²) < 4.78 is 10.4. The van der Waals surface area contributed by atoms with E-state index in [1.165, 1.54) is 14.2 Å². The number of hydrogen-bond acceptors (Lipinski definition) is 4. The number of anilines is 1. The van der Waals surface area contributed by atoms with Crippen molar-refractivity contribution in [2.75, 3.05) is 19.5 Å². The minimum Gasteiger partial charge on any atom is -0.495 e. The van der Waals surface area contributed by atoms with Crippen LogP contribution in [0.4, 0.5) is 10.5 Å². The third-order valence-corrected chi connectivity index (χ3v) is 4.39. The molecule has 2 rings (SSSR count). The zero-order valence-electron chi connectivity index (χ0n) is 12.5. The lowest BCUT2D eigenvalue weighted by atomic mass is 10.2. The molecule has 1 aromatic carbocycles. The third kappa shape index (κ3) is 3.84. The second-order valence-electron chi connectivity index (χ2n) is 4.52. The van der Waals surface area contributed by atoms with Crippen molar-refractivity contribution in [2.24, 2.45) is 0 Å². The van der Waals surface area contributed by atoms with Gasteiger partial charge in [0.05, 0.1) is 31.0 Å². The Bertz CT molecular complexity index is 646. The van der Waals surface area contributed by atoms with Gasteiger partial charge in [0.15, 0.2) is 0 Å². The van der Waals surface area contributed by atoms with E-state index in [0.29, 0.717) is 22.2 Å². The molecule has 0 radical (unpaired) electrons. The molecule has 2 amide bonds. The number of methoxy groups -OCH3 is 2. The van der Waals surface area contributed by atoms with Crippen LogP contribution in [0.25, 0.3) is 0 Å². The van der Waals surface area contributed by atoms with Crippen LogP contribution in [0.2, 0.25) is 5.02 Å². The van der Waals surface area contributed by atoms with E-state index in [4.69, 9.17) is 21.1 Å². The van der Waals surface area contributed by atoms with Crippen molar-refractivity contribution in [3.8, 4) is 11.5 Å². The Morgan fingerprint density at radius 2 is 2.00 bits per heavy atom. The van der Waals surface area contributed by atoms with E-state index in [0.717, 1.165) is 4.88 Å². The highest BCUT2D eigenvalue weighted by molar-refractivity contribution is 7.10. The van der Waals surface area contributed by atoms with Crippen LogP contribution in [0.5, 0.6) is 11.5 Å². The molecule has 7 heteroatoms. The number of thiophene rings is 1. The highest BCUT2D eigenvalue weighted by atomic mass is 35.5. The van der Waals surface area contributed by atoms with Crippen molar-refractivity contribution in [3.05, 3.63) is 39.5 Å². The molecule has 2 aromatic rings. The number of amides is 2. The summed E-state index contributed by atoms with van der Waals surface area (Å²) in [5, 5.41) is 7.96. The van der Waals surface area contributed by atoms with Gasteiger partial charge >= 0.3 is 6.03 Å². The van der Waals surface area contributed by atoms with Gasteiger partial charge in [0.25, 0.3) is 0 Å². The molecule has 0 bridgehead atoms. The fourth-order valence-electron chi connectivity index (χ4n) is 1.92. The first-order valence-electron chi connectivity index (χ1n) is 6.57. The molecule has 0 saturated heterocycles. The molecular formula is C15H17ClN2O3S. The predicted octanol–water partition coefficient (Wildman–Crippen LogP) is 4.30. The van der Waals surface area contributed by atoms with Crippen LogP contribution >= 0.6 is 22.9 Å². The number of urea groups is 1. The average Bonchev–Trinajstić information content (AvgIpc) is 3.01. The highest BCUT2D eigenvalue weighted by Gasteiger charge is 2.14. The number of halogens is 1. The predicted molar refractivity (Wildman–Crippen MR) is 89.4 cm³/mol. The maximum Gasteiger partial charge on any atom is 0.319 e. The molecule has 0 aliphatic rings.